The van der Waals surface area contributed by atoms with Gasteiger partial charge in [0, 0.05) is 32.6 Å². The molecule has 0 saturated carbocycles. The van der Waals surface area contributed by atoms with E-state index in [4.69, 9.17) is 0 Å². The summed E-state index contributed by atoms with van der Waals surface area (Å²) in [5.41, 5.74) is 0.326. The molecule has 0 aromatic rings. The van der Waals surface area contributed by atoms with Gasteiger partial charge in [0.15, 0.2) is 0 Å². The molecule has 1 unspecified atom stereocenters. The lowest BCUT2D eigenvalue weighted by molar-refractivity contribution is -0.137. The Hall–Kier alpha value is -1.10. The standard InChI is InChI=1S/C17H31N3O2/c1-17(2,3)13-19-9-7-14(11-19)10-18-15(21)12-20-8-5-4-6-16(20)22/h14H,4-13H2,1-3H3,(H,18,21). The Bertz CT molecular complexity index is 403. The summed E-state index contributed by atoms with van der Waals surface area (Å²) < 4.78 is 0. The lowest BCUT2D eigenvalue weighted by Gasteiger charge is -2.27. The van der Waals surface area contributed by atoms with E-state index >= 15 is 0 Å². The van der Waals surface area contributed by atoms with E-state index in [1.54, 1.807) is 4.90 Å². The van der Waals surface area contributed by atoms with Crippen LogP contribution in [0, 0.1) is 11.3 Å². The van der Waals surface area contributed by atoms with Crippen LogP contribution < -0.4 is 5.32 Å². The zero-order chi connectivity index (χ0) is 16.2. The molecule has 2 heterocycles. The lowest BCUT2D eigenvalue weighted by atomic mass is 9.96. The maximum absolute atomic E-state index is 12.0. The van der Waals surface area contributed by atoms with Crippen LogP contribution >= 0.6 is 0 Å². The predicted octanol–water partition coefficient (Wildman–Crippen LogP) is 1.48. The molecule has 5 nitrogen and oxygen atoms in total. The summed E-state index contributed by atoms with van der Waals surface area (Å²) in [6.45, 7) is 11.8. The predicted molar refractivity (Wildman–Crippen MR) is 87.4 cm³/mol. The molecule has 5 heteroatoms. The van der Waals surface area contributed by atoms with Gasteiger partial charge < -0.3 is 15.1 Å². The van der Waals surface area contributed by atoms with Crippen LogP contribution in [0.25, 0.3) is 0 Å². The summed E-state index contributed by atoms with van der Waals surface area (Å²) in [7, 11) is 0. The first-order valence-corrected chi connectivity index (χ1v) is 8.60. The third-order valence-electron chi connectivity index (χ3n) is 4.41. The highest BCUT2D eigenvalue weighted by Gasteiger charge is 2.26. The van der Waals surface area contributed by atoms with Gasteiger partial charge in [0.05, 0.1) is 6.54 Å². The van der Waals surface area contributed by atoms with Crippen LogP contribution in [0.4, 0.5) is 0 Å². The van der Waals surface area contributed by atoms with Crippen molar-refractivity contribution in [3.63, 3.8) is 0 Å². The van der Waals surface area contributed by atoms with Crippen LogP contribution in [0.2, 0.25) is 0 Å². The van der Waals surface area contributed by atoms with Crippen LogP contribution in [0.15, 0.2) is 0 Å². The quantitative estimate of drug-likeness (QED) is 0.837. The lowest BCUT2D eigenvalue weighted by Crippen LogP contribution is -2.44. The Morgan fingerprint density at radius 2 is 2.05 bits per heavy atom. The maximum atomic E-state index is 12.0. The second kappa shape index (κ2) is 7.44. The Morgan fingerprint density at radius 3 is 2.73 bits per heavy atom. The number of hydrogen-bond acceptors (Lipinski definition) is 3. The summed E-state index contributed by atoms with van der Waals surface area (Å²) in [4.78, 5) is 27.9. The van der Waals surface area contributed by atoms with E-state index in [0.29, 0.717) is 17.8 Å². The van der Waals surface area contributed by atoms with E-state index in [0.717, 1.165) is 52.0 Å². The molecule has 1 N–H and O–H groups in total. The minimum atomic E-state index is -0.00970. The molecule has 2 saturated heterocycles. The van der Waals surface area contributed by atoms with Gasteiger partial charge >= 0.3 is 0 Å². The molecule has 22 heavy (non-hydrogen) atoms. The van der Waals surface area contributed by atoms with Crippen molar-refractivity contribution in [1.29, 1.82) is 0 Å². The molecule has 0 aliphatic carbocycles. The van der Waals surface area contributed by atoms with E-state index in [-0.39, 0.29) is 18.4 Å². The van der Waals surface area contributed by atoms with Crippen LogP contribution in [-0.2, 0) is 9.59 Å². The van der Waals surface area contributed by atoms with Crippen molar-refractivity contribution >= 4 is 11.8 Å². The normalized spacial score (nSPS) is 23.9. The summed E-state index contributed by atoms with van der Waals surface area (Å²) in [5.74, 6) is 0.659. The van der Waals surface area contributed by atoms with Crippen molar-refractivity contribution in [3.05, 3.63) is 0 Å². The molecule has 0 bridgehead atoms. The summed E-state index contributed by atoms with van der Waals surface area (Å²) in [5, 5.41) is 3.02. The minimum absolute atomic E-state index is 0.00970. The topological polar surface area (TPSA) is 52.7 Å². The molecule has 0 aromatic carbocycles. The average Bonchev–Trinajstić information content (AvgIpc) is 2.84. The summed E-state index contributed by atoms with van der Waals surface area (Å²) in [6.07, 6.45) is 3.72. The smallest absolute Gasteiger partial charge is 0.239 e. The van der Waals surface area contributed by atoms with Gasteiger partial charge in [-0.15, -0.1) is 0 Å². The van der Waals surface area contributed by atoms with E-state index in [9.17, 15) is 9.59 Å². The molecular weight excluding hydrogens is 278 g/mol. The number of likely N-dealkylation sites (tertiary alicyclic amines) is 2. The third kappa shape index (κ3) is 5.59. The zero-order valence-electron chi connectivity index (χ0n) is 14.4. The number of carbonyl (C=O) groups excluding carboxylic acids is 2. The highest BCUT2D eigenvalue weighted by molar-refractivity contribution is 5.85. The number of rotatable bonds is 5. The van der Waals surface area contributed by atoms with Crippen molar-refractivity contribution in [3.8, 4) is 0 Å². The average molecular weight is 309 g/mol. The molecule has 2 fully saturated rings. The van der Waals surface area contributed by atoms with Gasteiger partial charge in [-0.05, 0) is 37.1 Å². The monoisotopic (exact) mass is 309 g/mol. The molecule has 2 rings (SSSR count). The first kappa shape index (κ1) is 17.3. The molecule has 0 aromatic heterocycles. The van der Waals surface area contributed by atoms with Gasteiger partial charge in [0.1, 0.15) is 0 Å². The number of nitrogens with zero attached hydrogens (tertiary/aromatic N) is 2. The van der Waals surface area contributed by atoms with Crippen molar-refractivity contribution in [2.75, 3.05) is 39.3 Å². The Balaban J connectivity index is 1.66. The number of nitrogens with one attached hydrogen (secondary N) is 1. The largest absolute Gasteiger partial charge is 0.354 e. The minimum Gasteiger partial charge on any atom is -0.354 e. The molecule has 126 valence electrons. The van der Waals surface area contributed by atoms with Crippen LogP contribution in [0.3, 0.4) is 0 Å². The zero-order valence-corrected chi connectivity index (χ0v) is 14.4. The second-order valence-electron chi connectivity index (χ2n) is 8.03. The van der Waals surface area contributed by atoms with Crippen molar-refractivity contribution < 1.29 is 9.59 Å². The number of hydrogen-bond donors (Lipinski definition) is 1. The second-order valence-corrected chi connectivity index (χ2v) is 8.03. The molecule has 0 radical (unpaired) electrons. The van der Waals surface area contributed by atoms with Crippen LogP contribution in [-0.4, -0.2) is 60.9 Å². The molecular formula is C17H31N3O2. The number of carbonyl (C=O) groups is 2. The van der Waals surface area contributed by atoms with Gasteiger partial charge in [-0.2, -0.15) is 0 Å². The molecule has 0 spiro atoms. The molecule has 2 amide bonds. The number of piperidine rings is 1. The fraction of sp³-hybridized carbons (Fsp3) is 0.882. The van der Waals surface area contributed by atoms with Crippen molar-refractivity contribution in [2.45, 2.75) is 46.5 Å². The van der Waals surface area contributed by atoms with E-state index in [1.807, 2.05) is 0 Å². The van der Waals surface area contributed by atoms with E-state index in [2.05, 4.69) is 31.0 Å². The maximum Gasteiger partial charge on any atom is 0.239 e. The van der Waals surface area contributed by atoms with Gasteiger partial charge in [0.25, 0.3) is 0 Å². The highest BCUT2D eigenvalue weighted by Crippen LogP contribution is 2.21. The molecule has 2 aliphatic rings. The Morgan fingerprint density at radius 1 is 1.27 bits per heavy atom. The fourth-order valence-corrected chi connectivity index (χ4v) is 3.41. The van der Waals surface area contributed by atoms with Gasteiger partial charge in [-0.25, -0.2) is 0 Å². The molecule has 1 atom stereocenters. The highest BCUT2D eigenvalue weighted by atomic mass is 16.2. The first-order chi connectivity index (χ1) is 10.3. The van der Waals surface area contributed by atoms with E-state index < -0.39 is 0 Å². The van der Waals surface area contributed by atoms with Crippen molar-refractivity contribution in [1.82, 2.24) is 15.1 Å². The number of amides is 2. The third-order valence-corrected chi connectivity index (χ3v) is 4.41. The summed E-state index contributed by atoms with van der Waals surface area (Å²) >= 11 is 0. The Labute approximate surface area is 134 Å². The van der Waals surface area contributed by atoms with Gasteiger partial charge in [-0.3, -0.25) is 9.59 Å². The first-order valence-electron chi connectivity index (χ1n) is 8.60. The fourth-order valence-electron chi connectivity index (χ4n) is 3.41. The Kier molecular flexibility index (Phi) is 5.84. The van der Waals surface area contributed by atoms with Crippen LogP contribution in [0.5, 0.6) is 0 Å². The SMILES string of the molecule is CC(C)(C)CN1CCC(CNC(=O)CN2CCCCC2=O)C1. The van der Waals surface area contributed by atoms with Crippen molar-refractivity contribution in [2.24, 2.45) is 11.3 Å². The van der Waals surface area contributed by atoms with E-state index in [1.165, 1.54) is 0 Å². The summed E-state index contributed by atoms with van der Waals surface area (Å²) in [6, 6.07) is 0. The molecule has 2 aliphatic heterocycles. The van der Waals surface area contributed by atoms with Crippen LogP contribution in [0.1, 0.15) is 46.5 Å². The van der Waals surface area contributed by atoms with Gasteiger partial charge in [0.2, 0.25) is 11.8 Å². The van der Waals surface area contributed by atoms with Gasteiger partial charge in [-0.1, -0.05) is 20.8 Å².